The summed E-state index contributed by atoms with van der Waals surface area (Å²) in [6.07, 6.45) is 1.41. The molecule has 122 valence electrons. The predicted molar refractivity (Wildman–Crippen MR) is 88.6 cm³/mol. The molecule has 1 heterocycles. The third kappa shape index (κ3) is 5.31. The molecule has 0 aliphatic carbocycles. The van der Waals surface area contributed by atoms with Crippen LogP contribution < -0.4 is 10.6 Å². The maximum atomic E-state index is 11.8. The van der Waals surface area contributed by atoms with Gasteiger partial charge in [-0.1, -0.05) is 18.2 Å². The van der Waals surface area contributed by atoms with Crippen molar-refractivity contribution in [3.05, 3.63) is 34.9 Å². The van der Waals surface area contributed by atoms with Gasteiger partial charge in [0.25, 0.3) is 0 Å². The summed E-state index contributed by atoms with van der Waals surface area (Å²) in [6, 6.07) is 6.32. The van der Waals surface area contributed by atoms with Crippen LogP contribution in [-0.2, 0) is 29.2 Å². The number of rotatable bonds is 6. The van der Waals surface area contributed by atoms with Crippen LogP contribution in [0.15, 0.2) is 18.2 Å². The Kier molecular flexibility index (Phi) is 7.35. The normalized spacial score (nSPS) is 12.3. The number of amides is 2. The molecule has 0 saturated heterocycles. The molecule has 1 aromatic carbocycles. The highest BCUT2D eigenvalue weighted by molar-refractivity contribution is 5.85. The van der Waals surface area contributed by atoms with E-state index in [2.05, 4.69) is 28.8 Å². The first-order valence-electron chi connectivity index (χ1n) is 7.34. The van der Waals surface area contributed by atoms with E-state index in [0.29, 0.717) is 25.8 Å². The maximum absolute atomic E-state index is 11.8. The van der Waals surface area contributed by atoms with Gasteiger partial charge >= 0.3 is 0 Å². The summed E-state index contributed by atoms with van der Waals surface area (Å²) in [6.45, 7) is 2.39. The van der Waals surface area contributed by atoms with Crippen molar-refractivity contribution in [2.45, 2.75) is 38.9 Å². The average Bonchev–Trinajstić information content (AvgIpc) is 2.92. The van der Waals surface area contributed by atoms with Crippen molar-refractivity contribution < 1.29 is 9.59 Å². The molecule has 0 atom stereocenters. The van der Waals surface area contributed by atoms with E-state index < -0.39 is 0 Å². The van der Waals surface area contributed by atoms with Crippen LogP contribution >= 0.6 is 12.4 Å². The van der Waals surface area contributed by atoms with Crippen molar-refractivity contribution in [1.29, 1.82) is 0 Å². The Labute approximate surface area is 137 Å². The minimum atomic E-state index is 0. The van der Waals surface area contributed by atoms with Crippen LogP contribution in [0.1, 0.15) is 36.0 Å². The van der Waals surface area contributed by atoms with Crippen molar-refractivity contribution in [2.24, 2.45) is 0 Å². The fraction of sp³-hybridized carbons (Fsp3) is 0.500. The molecule has 22 heavy (non-hydrogen) atoms. The Morgan fingerprint density at radius 3 is 2.64 bits per heavy atom. The quantitative estimate of drug-likeness (QED) is 0.835. The summed E-state index contributed by atoms with van der Waals surface area (Å²) in [4.78, 5) is 24.7. The van der Waals surface area contributed by atoms with E-state index in [1.165, 1.54) is 11.1 Å². The van der Waals surface area contributed by atoms with Gasteiger partial charge in [0.15, 0.2) is 0 Å². The first-order chi connectivity index (χ1) is 10.1. The molecule has 6 heteroatoms. The molecular weight excluding hydrogens is 302 g/mol. The lowest BCUT2D eigenvalue weighted by atomic mass is 10.1. The van der Waals surface area contributed by atoms with E-state index in [4.69, 9.17) is 0 Å². The summed E-state index contributed by atoms with van der Waals surface area (Å²) < 4.78 is 0. The second-order valence-electron chi connectivity index (χ2n) is 5.63. The van der Waals surface area contributed by atoms with Crippen LogP contribution in [0.25, 0.3) is 0 Å². The number of nitrogens with one attached hydrogen (secondary N) is 2. The second-order valence-corrected chi connectivity index (χ2v) is 5.63. The lowest BCUT2D eigenvalue weighted by Gasteiger charge is -2.10. The zero-order valence-electron chi connectivity index (χ0n) is 13.1. The van der Waals surface area contributed by atoms with Gasteiger partial charge < -0.3 is 15.5 Å². The second kappa shape index (κ2) is 8.76. The van der Waals surface area contributed by atoms with Crippen LogP contribution in [-0.4, -0.2) is 30.8 Å². The van der Waals surface area contributed by atoms with E-state index >= 15 is 0 Å². The summed E-state index contributed by atoms with van der Waals surface area (Å²) in [7, 11) is 3.45. The Morgan fingerprint density at radius 2 is 1.91 bits per heavy atom. The lowest BCUT2D eigenvalue weighted by Crippen LogP contribution is -2.24. The molecule has 2 amide bonds. The van der Waals surface area contributed by atoms with Gasteiger partial charge in [0.1, 0.15) is 0 Å². The molecule has 1 aliphatic rings. The van der Waals surface area contributed by atoms with Gasteiger partial charge in [-0.25, -0.2) is 0 Å². The molecule has 0 saturated carbocycles. The highest BCUT2D eigenvalue weighted by Gasteiger charge is 2.10. The van der Waals surface area contributed by atoms with Crippen molar-refractivity contribution in [3.8, 4) is 0 Å². The number of carbonyl (C=O) groups is 2. The third-order valence-electron chi connectivity index (χ3n) is 3.68. The molecule has 0 radical (unpaired) electrons. The Bertz CT molecular complexity index is 532. The fourth-order valence-corrected chi connectivity index (χ4v) is 2.37. The fourth-order valence-electron chi connectivity index (χ4n) is 2.37. The van der Waals surface area contributed by atoms with Crippen LogP contribution in [0.2, 0.25) is 0 Å². The smallest absolute Gasteiger partial charge is 0.222 e. The SMILES string of the molecule is CN(C)C(=O)CCCC(=O)NCc1ccc2c(c1)CNC2.Cl. The molecule has 0 unspecified atom stereocenters. The molecule has 0 aromatic heterocycles. The summed E-state index contributed by atoms with van der Waals surface area (Å²) in [5.74, 6) is 0.0640. The van der Waals surface area contributed by atoms with Gasteiger partial charge in [0.05, 0.1) is 0 Å². The van der Waals surface area contributed by atoms with E-state index in [0.717, 1.165) is 18.7 Å². The monoisotopic (exact) mass is 325 g/mol. The average molecular weight is 326 g/mol. The third-order valence-corrected chi connectivity index (χ3v) is 3.68. The minimum Gasteiger partial charge on any atom is -0.352 e. The summed E-state index contributed by atoms with van der Waals surface area (Å²) >= 11 is 0. The highest BCUT2D eigenvalue weighted by atomic mass is 35.5. The van der Waals surface area contributed by atoms with E-state index in [1.807, 2.05) is 0 Å². The predicted octanol–water partition coefficient (Wildman–Crippen LogP) is 1.59. The number of hydrogen-bond donors (Lipinski definition) is 2. The number of carbonyl (C=O) groups excluding carboxylic acids is 2. The van der Waals surface area contributed by atoms with Gasteiger partial charge in [-0.15, -0.1) is 12.4 Å². The molecular formula is C16H24ClN3O2. The van der Waals surface area contributed by atoms with Crippen LogP contribution in [0.4, 0.5) is 0 Å². The highest BCUT2D eigenvalue weighted by Crippen LogP contribution is 2.16. The molecule has 1 aromatic rings. The van der Waals surface area contributed by atoms with Crippen LogP contribution in [0.3, 0.4) is 0 Å². The van der Waals surface area contributed by atoms with Crippen LogP contribution in [0.5, 0.6) is 0 Å². The molecule has 0 bridgehead atoms. The number of fused-ring (bicyclic) bond motifs is 1. The largest absolute Gasteiger partial charge is 0.352 e. The Hall–Kier alpha value is -1.59. The molecule has 1 aliphatic heterocycles. The first-order valence-corrected chi connectivity index (χ1v) is 7.34. The van der Waals surface area contributed by atoms with E-state index in [-0.39, 0.29) is 24.2 Å². The van der Waals surface area contributed by atoms with Crippen molar-refractivity contribution >= 4 is 24.2 Å². The van der Waals surface area contributed by atoms with Crippen LogP contribution in [0, 0.1) is 0 Å². The standard InChI is InChI=1S/C16H23N3O2.ClH/c1-19(2)16(21)5-3-4-15(20)18-9-12-6-7-13-10-17-11-14(13)8-12;/h6-8,17H,3-5,9-11H2,1-2H3,(H,18,20);1H. The summed E-state index contributed by atoms with van der Waals surface area (Å²) in [5.41, 5.74) is 3.78. The van der Waals surface area contributed by atoms with Gasteiger partial charge in [0, 0.05) is 46.6 Å². The van der Waals surface area contributed by atoms with Gasteiger partial charge in [0.2, 0.25) is 11.8 Å². The van der Waals surface area contributed by atoms with Gasteiger partial charge in [-0.3, -0.25) is 9.59 Å². The lowest BCUT2D eigenvalue weighted by molar-refractivity contribution is -0.129. The Morgan fingerprint density at radius 1 is 1.18 bits per heavy atom. The molecule has 5 nitrogen and oxygen atoms in total. The maximum Gasteiger partial charge on any atom is 0.222 e. The number of halogens is 1. The van der Waals surface area contributed by atoms with Gasteiger partial charge in [-0.05, 0) is 23.1 Å². The zero-order valence-corrected chi connectivity index (χ0v) is 14.0. The number of nitrogens with zero attached hydrogens (tertiary/aromatic N) is 1. The van der Waals surface area contributed by atoms with Crippen molar-refractivity contribution in [3.63, 3.8) is 0 Å². The summed E-state index contributed by atoms with van der Waals surface area (Å²) in [5, 5.41) is 6.21. The number of benzene rings is 1. The Balaban J connectivity index is 0.00000242. The molecule has 0 spiro atoms. The molecule has 2 rings (SSSR count). The number of hydrogen-bond acceptors (Lipinski definition) is 3. The van der Waals surface area contributed by atoms with Crippen molar-refractivity contribution in [1.82, 2.24) is 15.5 Å². The van der Waals surface area contributed by atoms with Gasteiger partial charge in [-0.2, -0.15) is 0 Å². The topological polar surface area (TPSA) is 61.4 Å². The van der Waals surface area contributed by atoms with Crippen molar-refractivity contribution in [2.75, 3.05) is 14.1 Å². The minimum absolute atomic E-state index is 0. The van der Waals surface area contributed by atoms with E-state index in [1.54, 1.807) is 19.0 Å². The zero-order chi connectivity index (χ0) is 15.2. The first kappa shape index (κ1) is 18.5. The van der Waals surface area contributed by atoms with E-state index in [9.17, 15) is 9.59 Å². The molecule has 0 fully saturated rings. The molecule has 2 N–H and O–H groups in total.